The van der Waals surface area contributed by atoms with Crippen LogP contribution in [-0.2, 0) is 0 Å². The summed E-state index contributed by atoms with van der Waals surface area (Å²) in [6.45, 7) is 1.78. The number of hydrogen-bond acceptors (Lipinski definition) is 4. The Morgan fingerprint density at radius 2 is 1.76 bits per heavy atom. The number of aromatic amines is 4. The van der Waals surface area contributed by atoms with E-state index in [4.69, 9.17) is 0 Å². The first-order valence-corrected chi connectivity index (χ1v) is 4.96. The smallest absolute Gasteiger partial charge is 0.325 e. The first-order valence-electron chi connectivity index (χ1n) is 4.55. The molecule has 7 nitrogen and oxygen atoms in total. The fraction of sp³-hybridized carbons (Fsp3) is 0.111. The van der Waals surface area contributed by atoms with Crippen molar-refractivity contribution in [1.29, 1.82) is 0 Å². The molecule has 0 aliphatic heterocycles. The van der Waals surface area contributed by atoms with Crippen molar-refractivity contribution >= 4 is 12.2 Å². The summed E-state index contributed by atoms with van der Waals surface area (Å²) in [6, 6.07) is 2.69. The lowest BCUT2D eigenvalue weighted by Crippen LogP contribution is -2.19. The van der Waals surface area contributed by atoms with E-state index in [0.29, 0.717) is 4.77 Å². The molecule has 2 aromatic heterocycles. The molecular weight excluding hydrogens is 244 g/mol. The molecule has 0 fully saturated rings. The van der Waals surface area contributed by atoms with E-state index in [9.17, 15) is 14.4 Å². The minimum atomic E-state index is -0.475. The average Bonchev–Trinajstić information content (AvgIpc) is 2.15. The van der Waals surface area contributed by atoms with Crippen molar-refractivity contribution in [1.82, 2.24) is 19.9 Å². The van der Waals surface area contributed by atoms with Gasteiger partial charge in [-0.3, -0.25) is 19.6 Å². The van der Waals surface area contributed by atoms with Crippen molar-refractivity contribution in [2.75, 3.05) is 0 Å². The predicted octanol–water partition coefficient (Wildman–Crippen LogP) is -0.196. The summed E-state index contributed by atoms with van der Waals surface area (Å²) in [7, 11) is 0. The molecule has 0 aliphatic carbocycles. The zero-order valence-electron chi connectivity index (χ0n) is 8.87. The van der Waals surface area contributed by atoms with Gasteiger partial charge in [0, 0.05) is 24.0 Å². The second kappa shape index (κ2) is 5.75. The van der Waals surface area contributed by atoms with Gasteiger partial charge in [-0.1, -0.05) is 0 Å². The molecule has 0 amide bonds. The van der Waals surface area contributed by atoms with Crippen LogP contribution in [0.25, 0.3) is 0 Å². The Kier molecular flexibility index (Phi) is 4.35. The summed E-state index contributed by atoms with van der Waals surface area (Å²) >= 11 is 4.68. The topological polar surface area (TPSA) is 114 Å². The molecule has 0 saturated carbocycles. The maximum atomic E-state index is 10.6. The number of aromatic nitrogens is 4. The van der Waals surface area contributed by atoms with Crippen LogP contribution in [0.3, 0.4) is 0 Å². The van der Waals surface area contributed by atoms with Crippen molar-refractivity contribution in [2.24, 2.45) is 0 Å². The van der Waals surface area contributed by atoms with E-state index < -0.39 is 5.69 Å². The van der Waals surface area contributed by atoms with Crippen molar-refractivity contribution in [3.8, 4) is 0 Å². The van der Waals surface area contributed by atoms with Crippen molar-refractivity contribution in [3.63, 3.8) is 0 Å². The highest BCUT2D eigenvalue weighted by molar-refractivity contribution is 7.71. The Labute approximate surface area is 99.6 Å². The van der Waals surface area contributed by atoms with Gasteiger partial charge in [0.1, 0.15) is 0 Å². The monoisotopic (exact) mass is 254 g/mol. The molecule has 4 N–H and O–H groups in total. The number of rotatable bonds is 0. The van der Waals surface area contributed by atoms with E-state index in [-0.39, 0.29) is 11.1 Å². The Bertz CT molecular complexity index is 655. The Morgan fingerprint density at radius 3 is 2.18 bits per heavy atom. The second-order valence-corrected chi connectivity index (χ2v) is 3.48. The number of H-pyrrole nitrogens is 4. The molecule has 0 aromatic carbocycles. The summed E-state index contributed by atoms with van der Waals surface area (Å²) in [5, 5.41) is 0. The van der Waals surface area contributed by atoms with Crippen LogP contribution >= 0.6 is 12.2 Å². The molecule has 90 valence electrons. The van der Waals surface area contributed by atoms with E-state index in [2.05, 4.69) is 27.2 Å². The molecule has 0 bridgehead atoms. The second-order valence-electron chi connectivity index (χ2n) is 3.07. The maximum Gasteiger partial charge on any atom is 0.325 e. The van der Waals surface area contributed by atoms with Crippen LogP contribution < -0.4 is 16.8 Å². The lowest BCUT2D eigenvalue weighted by molar-refractivity contribution is 1.04. The number of aryl methyl sites for hydroxylation is 1. The molecule has 0 radical (unpaired) electrons. The van der Waals surface area contributed by atoms with E-state index in [1.807, 2.05) is 4.98 Å². The third-order valence-corrected chi connectivity index (χ3v) is 1.79. The quantitative estimate of drug-likeness (QED) is 0.487. The minimum Gasteiger partial charge on any atom is -0.336 e. The van der Waals surface area contributed by atoms with E-state index in [1.165, 1.54) is 18.3 Å². The fourth-order valence-electron chi connectivity index (χ4n) is 0.974. The number of hydrogen-bond donors (Lipinski definition) is 4. The molecule has 2 heterocycles. The van der Waals surface area contributed by atoms with Crippen LogP contribution in [-0.4, -0.2) is 19.9 Å². The third-order valence-electron chi connectivity index (χ3n) is 1.58. The van der Waals surface area contributed by atoms with Gasteiger partial charge in [0.15, 0.2) is 4.77 Å². The van der Waals surface area contributed by atoms with Crippen LogP contribution in [0.5, 0.6) is 0 Å². The Morgan fingerprint density at radius 1 is 1.06 bits per heavy atom. The van der Waals surface area contributed by atoms with Gasteiger partial charge in [-0.25, -0.2) is 4.79 Å². The highest BCUT2D eigenvalue weighted by Gasteiger charge is 1.83. The molecule has 2 rings (SSSR count). The van der Waals surface area contributed by atoms with Gasteiger partial charge in [0.25, 0.3) is 11.1 Å². The molecule has 0 spiro atoms. The van der Waals surface area contributed by atoms with Crippen LogP contribution in [0, 0.1) is 11.7 Å². The normalized spacial score (nSPS) is 9.24. The molecule has 0 aliphatic rings. The van der Waals surface area contributed by atoms with E-state index in [1.54, 1.807) is 6.92 Å². The zero-order valence-corrected chi connectivity index (χ0v) is 9.68. The van der Waals surface area contributed by atoms with Crippen LogP contribution in [0.1, 0.15) is 5.69 Å². The Balaban J connectivity index is 0.000000171. The highest BCUT2D eigenvalue weighted by Crippen LogP contribution is 1.81. The summed E-state index contributed by atoms with van der Waals surface area (Å²) in [6.07, 6.45) is 1.29. The van der Waals surface area contributed by atoms with Gasteiger partial charge in [-0.15, -0.1) is 0 Å². The highest BCUT2D eigenvalue weighted by atomic mass is 32.1. The summed E-state index contributed by atoms with van der Waals surface area (Å²) in [4.78, 5) is 40.4. The zero-order chi connectivity index (χ0) is 12.8. The van der Waals surface area contributed by atoms with Crippen LogP contribution in [0.4, 0.5) is 0 Å². The van der Waals surface area contributed by atoms with Gasteiger partial charge in [0.2, 0.25) is 0 Å². The van der Waals surface area contributed by atoms with Gasteiger partial charge >= 0.3 is 5.69 Å². The molecule has 0 unspecified atom stereocenters. The van der Waals surface area contributed by atoms with Gasteiger partial charge in [-0.05, 0) is 19.1 Å². The fourth-order valence-corrected chi connectivity index (χ4v) is 1.24. The van der Waals surface area contributed by atoms with Gasteiger partial charge < -0.3 is 9.97 Å². The first-order chi connectivity index (χ1) is 7.97. The first kappa shape index (κ1) is 12.8. The SMILES string of the molecule is Cc1cc(=O)[nH]c(=S)[nH]1.O=c1cc[nH]c(=O)[nH]1. The van der Waals surface area contributed by atoms with Gasteiger partial charge in [0.05, 0.1) is 0 Å². The minimum absolute atomic E-state index is 0.156. The predicted molar refractivity (Wildman–Crippen MR) is 64.7 cm³/mol. The standard InChI is InChI=1S/C5H6N2OS.C4H4N2O2/c1-3-2-4(8)7-5(9)6-3;7-3-1-2-5-4(8)6-3/h2H,1H3,(H2,6,7,8,9);1-2H,(H2,5,6,7,8). The average molecular weight is 254 g/mol. The summed E-state index contributed by atoms with van der Waals surface area (Å²) < 4.78 is 0.375. The summed E-state index contributed by atoms with van der Waals surface area (Å²) in [5.41, 5.74) is -0.230. The molecular formula is C9H10N4O3S. The Hall–Kier alpha value is -2.22. The maximum absolute atomic E-state index is 10.6. The van der Waals surface area contributed by atoms with E-state index in [0.717, 1.165) is 5.69 Å². The molecule has 0 saturated heterocycles. The van der Waals surface area contributed by atoms with E-state index >= 15 is 0 Å². The van der Waals surface area contributed by atoms with Crippen LogP contribution in [0.2, 0.25) is 0 Å². The lowest BCUT2D eigenvalue weighted by atomic mass is 10.5. The van der Waals surface area contributed by atoms with Crippen molar-refractivity contribution in [2.45, 2.75) is 6.92 Å². The number of nitrogens with one attached hydrogen (secondary N) is 4. The molecule has 0 atom stereocenters. The summed E-state index contributed by atoms with van der Waals surface area (Å²) in [5.74, 6) is 0. The largest absolute Gasteiger partial charge is 0.336 e. The molecule has 8 heteroatoms. The van der Waals surface area contributed by atoms with Gasteiger partial charge in [-0.2, -0.15) is 0 Å². The molecule has 2 aromatic rings. The lowest BCUT2D eigenvalue weighted by Gasteiger charge is -1.87. The van der Waals surface area contributed by atoms with Crippen molar-refractivity contribution in [3.05, 3.63) is 60.0 Å². The third kappa shape index (κ3) is 4.89. The molecule has 17 heavy (non-hydrogen) atoms. The van der Waals surface area contributed by atoms with Crippen molar-refractivity contribution < 1.29 is 0 Å². The van der Waals surface area contributed by atoms with Crippen LogP contribution in [0.15, 0.2) is 32.7 Å².